The molecule has 27 heavy (non-hydrogen) atoms. The number of likely N-dealkylation sites (tertiary alicyclic amines) is 1. The van der Waals surface area contributed by atoms with E-state index in [0.717, 1.165) is 50.0 Å². The summed E-state index contributed by atoms with van der Waals surface area (Å²) < 4.78 is 0. The van der Waals surface area contributed by atoms with Gasteiger partial charge in [0.1, 0.15) is 0 Å². The van der Waals surface area contributed by atoms with Crippen molar-refractivity contribution in [2.45, 2.75) is 45.1 Å². The predicted molar refractivity (Wildman–Crippen MR) is 106 cm³/mol. The molecule has 1 saturated carbocycles. The highest BCUT2D eigenvalue weighted by atomic mass is 16.2. The molecule has 1 aromatic carbocycles. The topological polar surface area (TPSA) is 56.4 Å². The number of rotatable bonds is 4. The summed E-state index contributed by atoms with van der Waals surface area (Å²) in [4.78, 5) is 32.7. The fourth-order valence-electron chi connectivity index (χ4n) is 4.27. The first-order valence-corrected chi connectivity index (χ1v) is 10.2. The van der Waals surface area contributed by atoms with Crippen molar-refractivity contribution >= 4 is 22.7 Å². The molecule has 2 fully saturated rings. The quantitative estimate of drug-likeness (QED) is 0.895. The molecule has 0 unspecified atom stereocenters. The maximum atomic E-state index is 13.0. The van der Waals surface area contributed by atoms with Gasteiger partial charge in [-0.3, -0.25) is 9.59 Å². The van der Waals surface area contributed by atoms with Gasteiger partial charge in [-0.05, 0) is 50.1 Å². The SMILES string of the molecule is C[C@@H](c1cc2ccccc2[nH]1)N(C)C(=O)C1CCN(C(=O)C2CCC2)CC1. The number of carbonyl (C=O) groups is 2. The van der Waals surface area contributed by atoms with E-state index in [1.54, 1.807) is 0 Å². The van der Waals surface area contributed by atoms with Gasteiger partial charge in [-0.15, -0.1) is 0 Å². The van der Waals surface area contributed by atoms with Crippen molar-refractivity contribution in [1.29, 1.82) is 0 Å². The number of amides is 2. The summed E-state index contributed by atoms with van der Waals surface area (Å²) in [6, 6.07) is 10.3. The molecule has 1 atom stereocenters. The highest BCUT2D eigenvalue weighted by molar-refractivity contribution is 5.83. The lowest BCUT2D eigenvalue weighted by Crippen LogP contribution is -2.46. The van der Waals surface area contributed by atoms with Crippen molar-refractivity contribution in [2.24, 2.45) is 11.8 Å². The van der Waals surface area contributed by atoms with E-state index in [9.17, 15) is 9.59 Å². The second-order valence-electron chi connectivity index (χ2n) is 8.16. The van der Waals surface area contributed by atoms with Gasteiger partial charge in [-0.2, -0.15) is 0 Å². The Bertz CT molecular complexity index is 798. The number of aromatic amines is 1. The van der Waals surface area contributed by atoms with E-state index in [0.29, 0.717) is 5.91 Å². The van der Waals surface area contributed by atoms with Crippen LogP contribution in [0.4, 0.5) is 0 Å². The third kappa shape index (κ3) is 3.47. The molecule has 4 rings (SSSR count). The van der Waals surface area contributed by atoms with Gasteiger partial charge in [0, 0.05) is 43.2 Å². The maximum Gasteiger partial charge on any atom is 0.226 e. The van der Waals surface area contributed by atoms with Crippen molar-refractivity contribution in [3.05, 3.63) is 36.0 Å². The first-order chi connectivity index (χ1) is 13.0. The average molecular weight is 367 g/mol. The Balaban J connectivity index is 1.36. The Morgan fingerprint density at radius 3 is 2.44 bits per heavy atom. The largest absolute Gasteiger partial charge is 0.357 e. The van der Waals surface area contributed by atoms with Crippen LogP contribution in [0.5, 0.6) is 0 Å². The standard InChI is InChI=1S/C22H29N3O2/c1-15(20-14-18-6-3-4-9-19(18)23-20)24(2)21(26)17-10-12-25(13-11-17)22(27)16-7-5-8-16/h3-4,6,9,14-17,23H,5,7-8,10-13H2,1-2H3/t15-/m0/s1. The van der Waals surface area contributed by atoms with E-state index >= 15 is 0 Å². The van der Waals surface area contributed by atoms with Crippen LogP contribution in [0, 0.1) is 11.8 Å². The molecule has 0 bridgehead atoms. The van der Waals surface area contributed by atoms with Crippen molar-refractivity contribution in [2.75, 3.05) is 20.1 Å². The number of benzene rings is 1. The van der Waals surface area contributed by atoms with Crippen LogP contribution < -0.4 is 0 Å². The molecule has 0 spiro atoms. The molecule has 144 valence electrons. The number of carbonyl (C=O) groups excluding carboxylic acids is 2. The Kier molecular flexibility index (Phi) is 4.94. The molecular formula is C22H29N3O2. The van der Waals surface area contributed by atoms with Gasteiger partial charge in [-0.1, -0.05) is 24.6 Å². The number of hydrogen-bond acceptors (Lipinski definition) is 2. The first-order valence-electron chi connectivity index (χ1n) is 10.2. The fraction of sp³-hybridized carbons (Fsp3) is 0.545. The fourth-order valence-corrected chi connectivity index (χ4v) is 4.27. The second-order valence-corrected chi connectivity index (χ2v) is 8.16. The molecule has 1 saturated heterocycles. The molecule has 2 heterocycles. The van der Waals surface area contributed by atoms with Crippen LogP contribution in [0.2, 0.25) is 0 Å². The molecule has 1 aliphatic heterocycles. The van der Waals surface area contributed by atoms with Crippen molar-refractivity contribution in [3.63, 3.8) is 0 Å². The number of fused-ring (bicyclic) bond motifs is 1. The lowest BCUT2D eigenvalue weighted by molar-refractivity contribution is -0.144. The molecular weight excluding hydrogens is 338 g/mol. The van der Waals surface area contributed by atoms with Gasteiger partial charge in [0.2, 0.25) is 11.8 Å². The molecule has 0 radical (unpaired) electrons. The van der Waals surface area contributed by atoms with E-state index in [4.69, 9.17) is 0 Å². The van der Waals surface area contributed by atoms with Crippen LogP contribution in [-0.4, -0.2) is 46.7 Å². The minimum atomic E-state index is -0.000428. The van der Waals surface area contributed by atoms with E-state index in [-0.39, 0.29) is 23.8 Å². The van der Waals surface area contributed by atoms with Gasteiger partial charge in [0.05, 0.1) is 6.04 Å². The van der Waals surface area contributed by atoms with Gasteiger partial charge in [0.15, 0.2) is 0 Å². The summed E-state index contributed by atoms with van der Waals surface area (Å²) in [6.07, 6.45) is 4.83. The molecule has 5 heteroatoms. The number of piperidine rings is 1. The summed E-state index contributed by atoms with van der Waals surface area (Å²) in [5, 5.41) is 1.17. The van der Waals surface area contributed by atoms with Crippen LogP contribution in [0.15, 0.2) is 30.3 Å². The van der Waals surface area contributed by atoms with Crippen LogP contribution in [-0.2, 0) is 9.59 Å². The lowest BCUT2D eigenvalue weighted by Gasteiger charge is -2.37. The number of nitrogens with zero attached hydrogens (tertiary/aromatic N) is 2. The highest BCUT2D eigenvalue weighted by Gasteiger charge is 2.34. The number of para-hydroxylation sites is 1. The lowest BCUT2D eigenvalue weighted by atomic mass is 9.83. The van der Waals surface area contributed by atoms with E-state index in [2.05, 4.69) is 30.1 Å². The van der Waals surface area contributed by atoms with Gasteiger partial charge >= 0.3 is 0 Å². The van der Waals surface area contributed by atoms with E-state index in [1.165, 1.54) is 11.8 Å². The Morgan fingerprint density at radius 2 is 1.81 bits per heavy atom. The monoisotopic (exact) mass is 367 g/mol. The molecule has 1 N–H and O–H groups in total. The van der Waals surface area contributed by atoms with Crippen LogP contribution >= 0.6 is 0 Å². The number of H-pyrrole nitrogens is 1. The Morgan fingerprint density at radius 1 is 1.11 bits per heavy atom. The van der Waals surface area contributed by atoms with Crippen molar-refractivity contribution < 1.29 is 9.59 Å². The minimum absolute atomic E-state index is 0.000428. The first kappa shape index (κ1) is 18.1. The molecule has 2 aromatic rings. The van der Waals surface area contributed by atoms with Gasteiger partial charge in [0.25, 0.3) is 0 Å². The minimum Gasteiger partial charge on any atom is -0.357 e. The molecule has 2 aliphatic rings. The Labute approximate surface area is 160 Å². The zero-order chi connectivity index (χ0) is 19.0. The van der Waals surface area contributed by atoms with Crippen molar-refractivity contribution in [3.8, 4) is 0 Å². The van der Waals surface area contributed by atoms with E-state index < -0.39 is 0 Å². The normalized spacial score (nSPS) is 19.7. The van der Waals surface area contributed by atoms with E-state index in [1.807, 2.05) is 29.0 Å². The summed E-state index contributed by atoms with van der Waals surface area (Å²) in [5.74, 6) is 0.776. The third-order valence-corrected chi connectivity index (χ3v) is 6.54. The second kappa shape index (κ2) is 7.37. The van der Waals surface area contributed by atoms with Crippen LogP contribution in [0.3, 0.4) is 0 Å². The smallest absolute Gasteiger partial charge is 0.226 e. The molecule has 1 aliphatic carbocycles. The average Bonchev–Trinajstić information content (AvgIpc) is 3.09. The summed E-state index contributed by atoms with van der Waals surface area (Å²) in [6.45, 7) is 3.51. The summed E-state index contributed by atoms with van der Waals surface area (Å²) >= 11 is 0. The zero-order valence-electron chi connectivity index (χ0n) is 16.3. The number of nitrogens with one attached hydrogen (secondary N) is 1. The maximum absolute atomic E-state index is 13.0. The summed E-state index contributed by atoms with van der Waals surface area (Å²) in [7, 11) is 1.89. The number of aromatic nitrogens is 1. The Hall–Kier alpha value is -2.30. The predicted octanol–water partition coefficient (Wildman–Crippen LogP) is 3.73. The van der Waals surface area contributed by atoms with Gasteiger partial charge < -0.3 is 14.8 Å². The number of hydrogen-bond donors (Lipinski definition) is 1. The third-order valence-electron chi connectivity index (χ3n) is 6.54. The van der Waals surface area contributed by atoms with Crippen LogP contribution in [0.1, 0.15) is 50.8 Å². The molecule has 1 aromatic heterocycles. The molecule has 5 nitrogen and oxygen atoms in total. The summed E-state index contributed by atoms with van der Waals surface area (Å²) in [5.41, 5.74) is 2.16. The zero-order valence-corrected chi connectivity index (χ0v) is 16.3. The molecule has 2 amide bonds. The highest BCUT2D eigenvalue weighted by Crippen LogP contribution is 2.31. The van der Waals surface area contributed by atoms with Crippen molar-refractivity contribution in [1.82, 2.24) is 14.8 Å². The van der Waals surface area contributed by atoms with Gasteiger partial charge in [-0.25, -0.2) is 0 Å². The van der Waals surface area contributed by atoms with Crippen LogP contribution in [0.25, 0.3) is 10.9 Å².